The van der Waals surface area contributed by atoms with E-state index in [4.69, 9.17) is 9.47 Å². The lowest BCUT2D eigenvalue weighted by atomic mass is 9.78. The highest BCUT2D eigenvalue weighted by Crippen LogP contribution is 2.39. The van der Waals surface area contributed by atoms with Crippen molar-refractivity contribution in [1.82, 2.24) is 0 Å². The Morgan fingerprint density at radius 1 is 1.28 bits per heavy atom. The van der Waals surface area contributed by atoms with Gasteiger partial charge in [0, 0.05) is 32.1 Å². The Bertz CT molecular complexity index is 369. The predicted octanol–water partition coefficient (Wildman–Crippen LogP) is 1.27. The summed E-state index contributed by atoms with van der Waals surface area (Å²) in [6.45, 7) is 5.84. The largest absolute Gasteiger partial charge is 0.422 e. The minimum Gasteiger partial charge on any atom is -0.422 e. The number of nitrogens with zero attached hydrogens (tertiary/aromatic N) is 1. The van der Waals surface area contributed by atoms with Crippen LogP contribution in [0.2, 0.25) is 0 Å². The molecule has 0 radical (unpaired) electrons. The first kappa shape index (κ1) is 14.4. The highest BCUT2D eigenvalue weighted by molar-refractivity contribution is 6.01. The topological polar surface area (TPSA) is 95.7 Å². The molecule has 1 aliphatic heterocycles. The summed E-state index contributed by atoms with van der Waals surface area (Å²) in [6, 6.07) is -1.02. The summed E-state index contributed by atoms with van der Waals surface area (Å²) >= 11 is 0. The van der Waals surface area contributed by atoms with Gasteiger partial charge in [-0.1, -0.05) is 6.92 Å². The van der Waals surface area contributed by atoms with Crippen molar-refractivity contribution >= 4 is 11.9 Å². The van der Waals surface area contributed by atoms with Crippen LogP contribution in [0.15, 0.2) is 0 Å². The molecule has 18 heavy (non-hydrogen) atoms. The smallest absolute Gasteiger partial charge is 0.327 e. The van der Waals surface area contributed by atoms with Crippen LogP contribution in [0.25, 0.3) is 0 Å². The van der Waals surface area contributed by atoms with Crippen LogP contribution in [0.3, 0.4) is 0 Å². The zero-order chi connectivity index (χ0) is 14.1. The van der Waals surface area contributed by atoms with E-state index in [1.165, 1.54) is 20.8 Å². The molecule has 7 heteroatoms. The van der Waals surface area contributed by atoms with E-state index in [1.807, 2.05) is 0 Å². The summed E-state index contributed by atoms with van der Waals surface area (Å²) in [5.41, 5.74) is -1.57. The zero-order valence-electron chi connectivity index (χ0n) is 10.9. The summed E-state index contributed by atoms with van der Waals surface area (Å²) in [7, 11) is 0. The van der Waals surface area contributed by atoms with E-state index < -0.39 is 34.1 Å². The lowest BCUT2D eigenvalue weighted by Crippen LogP contribution is -2.55. The molecule has 0 aromatic carbocycles. The summed E-state index contributed by atoms with van der Waals surface area (Å²) < 4.78 is 10.1. The minimum atomic E-state index is -1.57. The average Bonchev–Trinajstić information content (AvgIpc) is 2.21. The van der Waals surface area contributed by atoms with E-state index >= 15 is 0 Å². The summed E-state index contributed by atoms with van der Waals surface area (Å²) in [5.74, 6) is -2.81. The van der Waals surface area contributed by atoms with Crippen molar-refractivity contribution in [2.75, 3.05) is 0 Å². The van der Waals surface area contributed by atoms with Crippen LogP contribution in [0, 0.1) is 15.5 Å². The zero-order valence-corrected chi connectivity index (χ0v) is 10.9. The molecule has 0 unspecified atom stereocenters. The summed E-state index contributed by atoms with van der Waals surface area (Å²) in [5, 5.41) is 10.7. The van der Waals surface area contributed by atoms with Crippen molar-refractivity contribution in [1.29, 1.82) is 0 Å². The van der Waals surface area contributed by atoms with Gasteiger partial charge in [0.15, 0.2) is 5.41 Å². The SMILES string of the molecule is CCC1(C[C@H](C)[N+](=O)[O-])C(=O)OC(C)(C)OC1=O. The van der Waals surface area contributed by atoms with E-state index in [0.717, 1.165) is 0 Å². The normalized spacial score (nSPS) is 22.9. The number of esters is 2. The number of cyclic esters (lactones) is 2. The fourth-order valence-corrected chi connectivity index (χ4v) is 1.92. The molecule has 7 nitrogen and oxygen atoms in total. The van der Waals surface area contributed by atoms with E-state index in [1.54, 1.807) is 6.92 Å². The van der Waals surface area contributed by atoms with E-state index in [9.17, 15) is 19.7 Å². The Kier molecular flexibility index (Phi) is 3.64. The molecular weight excluding hydrogens is 242 g/mol. The van der Waals surface area contributed by atoms with E-state index in [0.29, 0.717) is 0 Å². The molecule has 0 saturated carbocycles. The maximum absolute atomic E-state index is 12.0. The molecule has 1 saturated heterocycles. The number of nitro groups is 1. The fraction of sp³-hybridized carbons (Fsp3) is 0.818. The third-order valence-corrected chi connectivity index (χ3v) is 3.07. The van der Waals surface area contributed by atoms with Gasteiger partial charge in [0.2, 0.25) is 6.04 Å². The lowest BCUT2D eigenvalue weighted by molar-refractivity contribution is -0.521. The third kappa shape index (κ3) is 2.44. The van der Waals surface area contributed by atoms with Gasteiger partial charge in [0.1, 0.15) is 0 Å². The first-order valence-corrected chi connectivity index (χ1v) is 5.75. The molecule has 0 amide bonds. The molecule has 0 spiro atoms. The van der Waals surface area contributed by atoms with Crippen LogP contribution >= 0.6 is 0 Å². The lowest BCUT2D eigenvalue weighted by Gasteiger charge is -2.39. The van der Waals surface area contributed by atoms with Crippen LogP contribution in [0.4, 0.5) is 0 Å². The quantitative estimate of drug-likeness (QED) is 0.326. The Labute approximate surface area is 105 Å². The number of hydrogen-bond acceptors (Lipinski definition) is 6. The third-order valence-electron chi connectivity index (χ3n) is 3.07. The van der Waals surface area contributed by atoms with Crippen LogP contribution in [0.5, 0.6) is 0 Å². The second-order valence-electron chi connectivity index (χ2n) is 4.95. The van der Waals surface area contributed by atoms with Gasteiger partial charge in [0.25, 0.3) is 5.79 Å². The second-order valence-corrected chi connectivity index (χ2v) is 4.95. The van der Waals surface area contributed by atoms with Gasteiger partial charge in [-0.2, -0.15) is 0 Å². The molecule has 0 N–H and O–H groups in total. The van der Waals surface area contributed by atoms with Gasteiger partial charge in [-0.3, -0.25) is 19.7 Å². The van der Waals surface area contributed by atoms with Crippen molar-refractivity contribution < 1.29 is 24.0 Å². The minimum absolute atomic E-state index is 0.110. The Morgan fingerprint density at radius 3 is 2.06 bits per heavy atom. The molecule has 0 aromatic heterocycles. The molecule has 102 valence electrons. The number of carbonyl (C=O) groups excluding carboxylic acids is 2. The molecule has 1 atom stereocenters. The maximum atomic E-state index is 12.0. The Balaban J connectivity index is 3.03. The first-order chi connectivity index (χ1) is 8.14. The number of rotatable bonds is 4. The van der Waals surface area contributed by atoms with Crippen molar-refractivity contribution in [2.24, 2.45) is 5.41 Å². The van der Waals surface area contributed by atoms with Crippen LogP contribution in [0.1, 0.15) is 40.5 Å². The van der Waals surface area contributed by atoms with Crippen molar-refractivity contribution in [3.05, 3.63) is 10.1 Å². The van der Waals surface area contributed by atoms with Gasteiger partial charge >= 0.3 is 11.9 Å². The molecule has 1 aliphatic rings. The van der Waals surface area contributed by atoms with Crippen LogP contribution in [-0.4, -0.2) is 28.7 Å². The van der Waals surface area contributed by atoms with Crippen molar-refractivity contribution in [3.8, 4) is 0 Å². The van der Waals surface area contributed by atoms with E-state index in [-0.39, 0.29) is 12.8 Å². The fourth-order valence-electron chi connectivity index (χ4n) is 1.92. The summed E-state index contributed by atoms with van der Waals surface area (Å²) in [6.07, 6.45) is -0.108. The molecule has 1 heterocycles. The van der Waals surface area contributed by atoms with Crippen molar-refractivity contribution in [2.45, 2.75) is 52.4 Å². The Hall–Kier alpha value is -1.66. The second kappa shape index (κ2) is 4.55. The molecule has 1 rings (SSSR count). The average molecular weight is 259 g/mol. The number of carbonyl (C=O) groups is 2. The van der Waals surface area contributed by atoms with Crippen LogP contribution < -0.4 is 0 Å². The van der Waals surface area contributed by atoms with Crippen LogP contribution in [-0.2, 0) is 19.1 Å². The standard InChI is InChI=1S/C11H17NO6/c1-5-11(6-7(2)12(15)16)8(13)17-10(3,4)18-9(11)14/h7H,5-6H2,1-4H3/t7-/m0/s1. The van der Waals surface area contributed by atoms with Gasteiger partial charge in [0.05, 0.1) is 0 Å². The predicted molar refractivity (Wildman–Crippen MR) is 60.1 cm³/mol. The first-order valence-electron chi connectivity index (χ1n) is 5.75. The van der Waals surface area contributed by atoms with E-state index in [2.05, 4.69) is 0 Å². The van der Waals surface area contributed by atoms with Gasteiger partial charge < -0.3 is 9.47 Å². The maximum Gasteiger partial charge on any atom is 0.327 e. The van der Waals surface area contributed by atoms with Crippen molar-refractivity contribution in [3.63, 3.8) is 0 Å². The number of ether oxygens (including phenoxy) is 2. The molecule has 0 bridgehead atoms. The molecule has 0 aromatic rings. The molecular formula is C11H17NO6. The highest BCUT2D eigenvalue weighted by atomic mass is 16.7. The summed E-state index contributed by atoms with van der Waals surface area (Å²) in [4.78, 5) is 34.1. The molecule has 0 aliphatic carbocycles. The highest BCUT2D eigenvalue weighted by Gasteiger charge is 2.56. The van der Waals surface area contributed by atoms with Gasteiger partial charge in [-0.25, -0.2) is 0 Å². The number of hydrogen-bond donors (Lipinski definition) is 0. The van der Waals surface area contributed by atoms with Gasteiger partial charge in [-0.05, 0) is 6.42 Å². The Morgan fingerprint density at radius 2 is 1.72 bits per heavy atom. The monoisotopic (exact) mass is 259 g/mol. The molecule has 1 fully saturated rings. The van der Waals surface area contributed by atoms with Gasteiger partial charge in [-0.15, -0.1) is 0 Å².